The zero-order valence-corrected chi connectivity index (χ0v) is 14.8. The molecule has 21 heavy (non-hydrogen) atoms. The van der Waals surface area contributed by atoms with E-state index in [-0.39, 0.29) is 5.91 Å². The molecule has 0 heterocycles. The molecule has 0 radical (unpaired) electrons. The third-order valence-electron chi connectivity index (χ3n) is 2.48. The van der Waals surface area contributed by atoms with Gasteiger partial charge in [0.2, 0.25) is 5.91 Å². The zero-order chi connectivity index (χ0) is 16.3. The molecule has 1 N–H and O–H groups in total. The Bertz CT molecular complexity index is 311. The number of hydrogen-bond acceptors (Lipinski definition) is 4. The smallest absolute Gasteiger partial charge is 0.407 e. The van der Waals surface area contributed by atoms with Crippen LogP contribution in [0.5, 0.6) is 0 Å². The van der Waals surface area contributed by atoms with Gasteiger partial charge in [-0.05, 0) is 33.6 Å². The molecule has 0 unspecified atom stereocenters. The Morgan fingerprint density at radius 2 is 1.71 bits per heavy atom. The maximum Gasteiger partial charge on any atom is 0.407 e. The summed E-state index contributed by atoms with van der Waals surface area (Å²) in [5, 5.41) is 2.69. The first-order valence-electron chi connectivity index (χ1n) is 7.62. The summed E-state index contributed by atoms with van der Waals surface area (Å²) in [7, 11) is 0. The summed E-state index contributed by atoms with van der Waals surface area (Å²) in [6, 6.07) is 0. The highest BCUT2D eigenvalue weighted by Gasteiger charge is 2.15. The van der Waals surface area contributed by atoms with E-state index >= 15 is 0 Å². The molecule has 0 aromatic heterocycles. The number of alkyl carbamates (subject to hydrolysis) is 1. The van der Waals surface area contributed by atoms with Gasteiger partial charge in [-0.1, -0.05) is 13.8 Å². The summed E-state index contributed by atoms with van der Waals surface area (Å²) >= 11 is 1.54. The van der Waals surface area contributed by atoms with Crippen molar-refractivity contribution in [3.8, 4) is 0 Å². The van der Waals surface area contributed by atoms with Gasteiger partial charge in [-0.3, -0.25) is 4.79 Å². The minimum atomic E-state index is -0.478. The van der Waals surface area contributed by atoms with Crippen LogP contribution in [-0.2, 0) is 9.53 Å². The SMILES string of the molecule is CCCN(CCC)C(=O)CSCCNC(=O)OC(C)(C)C. The third kappa shape index (κ3) is 11.4. The van der Waals surface area contributed by atoms with Crippen LogP contribution in [-0.4, -0.2) is 53.6 Å². The largest absolute Gasteiger partial charge is 0.444 e. The lowest BCUT2D eigenvalue weighted by molar-refractivity contribution is -0.128. The first kappa shape index (κ1) is 20.1. The second-order valence-electron chi connectivity index (χ2n) is 5.86. The molecule has 2 amide bonds. The molecular weight excluding hydrogens is 288 g/mol. The summed E-state index contributed by atoms with van der Waals surface area (Å²) in [6.45, 7) is 11.8. The topological polar surface area (TPSA) is 58.6 Å². The molecule has 124 valence electrons. The van der Waals surface area contributed by atoms with E-state index < -0.39 is 11.7 Å². The summed E-state index contributed by atoms with van der Waals surface area (Å²) < 4.78 is 5.13. The molecule has 0 saturated carbocycles. The second kappa shape index (κ2) is 10.8. The molecule has 0 aromatic carbocycles. The number of carbonyl (C=O) groups excluding carboxylic acids is 2. The van der Waals surface area contributed by atoms with Crippen LogP contribution in [0, 0.1) is 0 Å². The highest BCUT2D eigenvalue weighted by Crippen LogP contribution is 2.07. The average Bonchev–Trinajstić information content (AvgIpc) is 2.35. The molecule has 0 aliphatic rings. The maximum absolute atomic E-state index is 12.0. The van der Waals surface area contributed by atoms with E-state index in [0.717, 1.165) is 25.9 Å². The first-order valence-corrected chi connectivity index (χ1v) is 8.78. The lowest BCUT2D eigenvalue weighted by atomic mass is 10.2. The van der Waals surface area contributed by atoms with Crippen LogP contribution in [0.3, 0.4) is 0 Å². The average molecular weight is 318 g/mol. The standard InChI is InChI=1S/C15H30N2O3S/c1-6-9-17(10-7-2)13(18)12-21-11-8-16-14(19)20-15(3,4)5/h6-12H2,1-5H3,(H,16,19). The number of thioether (sulfide) groups is 1. The van der Waals surface area contributed by atoms with Crippen molar-refractivity contribution in [1.82, 2.24) is 10.2 Å². The minimum Gasteiger partial charge on any atom is -0.444 e. The van der Waals surface area contributed by atoms with Crippen LogP contribution in [0.15, 0.2) is 0 Å². The van der Waals surface area contributed by atoms with Gasteiger partial charge in [0.1, 0.15) is 5.60 Å². The molecule has 0 bridgehead atoms. The van der Waals surface area contributed by atoms with E-state index in [9.17, 15) is 9.59 Å². The summed E-state index contributed by atoms with van der Waals surface area (Å²) in [5.74, 6) is 1.36. The van der Waals surface area contributed by atoms with Crippen molar-refractivity contribution in [3.63, 3.8) is 0 Å². The van der Waals surface area contributed by atoms with Gasteiger partial charge in [-0.15, -0.1) is 0 Å². The van der Waals surface area contributed by atoms with Gasteiger partial charge in [0.25, 0.3) is 0 Å². The second-order valence-corrected chi connectivity index (χ2v) is 6.97. The molecule has 0 fully saturated rings. The molecule has 0 atom stereocenters. The highest BCUT2D eigenvalue weighted by molar-refractivity contribution is 7.99. The minimum absolute atomic E-state index is 0.181. The van der Waals surface area contributed by atoms with E-state index in [1.165, 1.54) is 11.8 Å². The van der Waals surface area contributed by atoms with Crippen molar-refractivity contribution < 1.29 is 14.3 Å². The van der Waals surface area contributed by atoms with Gasteiger partial charge in [-0.2, -0.15) is 11.8 Å². The molecule has 0 aliphatic carbocycles. The van der Waals surface area contributed by atoms with Gasteiger partial charge < -0.3 is 15.0 Å². The molecule has 0 spiro atoms. The van der Waals surface area contributed by atoms with Crippen LogP contribution >= 0.6 is 11.8 Å². The molecule has 0 aliphatic heterocycles. The Morgan fingerprint density at radius 1 is 1.14 bits per heavy atom. The Hall–Kier alpha value is -0.910. The maximum atomic E-state index is 12.0. The number of amides is 2. The van der Waals surface area contributed by atoms with E-state index in [1.54, 1.807) is 0 Å². The highest BCUT2D eigenvalue weighted by atomic mass is 32.2. The van der Waals surface area contributed by atoms with E-state index in [0.29, 0.717) is 18.1 Å². The van der Waals surface area contributed by atoms with Crippen LogP contribution in [0.4, 0.5) is 4.79 Å². The normalized spacial score (nSPS) is 11.1. The quantitative estimate of drug-likeness (QED) is 0.664. The fourth-order valence-electron chi connectivity index (χ4n) is 1.69. The van der Waals surface area contributed by atoms with Crippen molar-refractivity contribution in [1.29, 1.82) is 0 Å². The van der Waals surface area contributed by atoms with Gasteiger partial charge in [-0.25, -0.2) is 4.79 Å². The van der Waals surface area contributed by atoms with Crippen LogP contribution in [0.2, 0.25) is 0 Å². The van der Waals surface area contributed by atoms with Crippen molar-refractivity contribution in [3.05, 3.63) is 0 Å². The van der Waals surface area contributed by atoms with Crippen molar-refractivity contribution in [2.45, 2.75) is 53.1 Å². The van der Waals surface area contributed by atoms with Crippen molar-refractivity contribution in [2.24, 2.45) is 0 Å². The Labute approximate surface area is 133 Å². The molecule has 6 heteroatoms. The molecular formula is C15H30N2O3S. The van der Waals surface area contributed by atoms with E-state index in [4.69, 9.17) is 4.74 Å². The first-order chi connectivity index (χ1) is 9.80. The van der Waals surface area contributed by atoms with E-state index in [1.807, 2.05) is 25.7 Å². The third-order valence-corrected chi connectivity index (χ3v) is 3.42. The Kier molecular flexibility index (Phi) is 10.3. The van der Waals surface area contributed by atoms with Crippen molar-refractivity contribution >= 4 is 23.8 Å². The fourth-order valence-corrected chi connectivity index (χ4v) is 2.44. The van der Waals surface area contributed by atoms with Gasteiger partial charge in [0, 0.05) is 25.4 Å². The van der Waals surface area contributed by atoms with Crippen molar-refractivity contribution in [2.75, 3.05) is 31.1 Å². The predicted molar refractivity (Wildman–Crippen MR) is 88.7 cm³/mol. The molecule has 0 saturated heterocycles. The van der Waals surface area contributed by atoms with Crippen LogP contribution < -0.4 is 5.32 Å². The lowest BCUT2D eigenvalue weighted by Gasteiger charge is -2.21. The number of carbonyl (C=O) groups is 2. The van der Waals surface area contributed by atoms with E-state index in [2.05, 4.69) is 19.2 Å². The van der Waals surface area contributed by atoms with Crippen LogP contribution in [0.1, 0.15) is 47.5 Å². The summed E-state index contributed by atoms with van der Waals surface area (Å²) in [4.78, 5) is 25.3. The number of ether oxygens (including phenoxy) is 1. The molecule has 0 aromatic rings. The monoisotopic (exact) mass is 318 g/mol. The molecule has 0 rings (SSSR count). The fraction of sp³-hybridized carbons (Fsp3) is 0.867. The summed E-state index contributed by atoms with van der Waals surface area (Å²) in [5.41, 5.74) is -0.478. The van der Waals surface area contributed by atoms with Gasteiger partial charge >= 0.3 is 6.09 Å². The van der Waals surface area contributed by atoms with Crippen LogP contribution in [0.25, 0.3) is 0 Å². The Morgan fingerprint density at radius 3 is 2.19 bits per heavy atom. The molecule has 5 nitrogen and oxygen atoms in total. The lowest BCUT2D eigenvalue weighted by Crippen LogP contribution is -2.35. The Balaban J connectivity index is 3.79. The van der Waals surface area contributed by atoms with Gasteiger partial charge in [0.05, 0.1) is 5.75 Å². The van der Waals surface area contributed by atoms with Gasteiger partial charge in [0.15, 0.2) is 0 Å². The number of nitrogens with one attached hydrogen (secondary N) is 1. The zero-order valence-electron chi connectivity index (χ0n) is 14.0. The number of hydrogen-bond donors (Lipinski definition) is 1. The number of nitrogens with zero attached hydrogens (tertiary/aromatic N) is 1. The summed E-state index contributed by atoms with van der Waals surface area (Å²) in [6.07, 6.45) is 1.56. The number of rotatable bonds is 9. The predicted octanol–water partition coefficient (Wildman–Crippen LogP) is 2.89.